The fourth-order valence-corrected chi connectivity index (χ4v) is 6.19. The molecule has 194 valence electrons. The molecule has 2 aliphatic rings. The number of nitrogens with one attached hydrogen (secondary N) is 2. The molecule has 8 nitrogen and oxygen atoms in total. The molecule has 0 saturated heterocycles. The molecule has 2 aromatic heterocycles. The van der Waals surface area contributed by atoms with Gasteiger partial charge in [0.05, 0.1) is 35.6 Å². The third kappa shape index (κ3) is 4.51. The van der Waals surface area contributed by atoms with E-state index in [0.717, 1.165) is 71.0 Å². The molecule has 0 spiro atoms. The van der Waals surface area contributed by atoms with Crippen LogP contribution in [0.5, 0.6) is 0 Å². The molecule has 2 fully saturated rings. The van der Waals surface area contributed by atoms with E-state index in [-0.39, 0.29) is 23.7 Å². The van der Waals surface area contributed by atoms with Crippen LogP contribution in [-0.4, -0.2) is 42.1 Å². The first-order chi connectivity index (χ1) is 18.5. The van der Waals surface area contributed by atoms with E-state index in [1.807, 2.05) is 24.3 Å². The number of aromatic nitrogens is 4. The molecular formula is C30H30N4O4. The Bertz CT molecular complexity index is 1340. The van der Waals surface area contributed by atoms with Crippen LogP contribution in [0.4, 0.5) is 0 Å². The Morgan fingerprint density at radius 3 is 1.34 bits per heavy atom. The quantitative estimate of drug-likeness (QED) is 0.239. The van der Waals surface area contributed by atoms with Gasteiger partial charge in [-0.3, -0.25) is 9.59 Å². The molecule has 6 rings (SSSR count). The van der Waals surface area contributed by atoms with Crippen LogP contribution < -0.4 is 0 Å². The van der Waals surface area contributed by atoms with E-state index in [0.29, 0.717) is 12.8 Å². The molecule has 38 heavy (non-hydrogen) atoms. The number of carbonyl (C=O) groups is 2. The molecular weight excluding hydrogens is 480 g/mol. The highest BCUT2D eigenvalue weighted by molar-refractivity contribution is 5.73. The monoisotopic (exact) mass is 510 g/mol. The summed E-state index contributed by atoms with van der Waals surface area (Å²) in [6.07, 6.45) is 8.52. The van der Waals surface area contributed by atoms with Gasteiger partial charge in [-0.2, -0.15) is 0 Å². The van der Waals surface area contributed by atoms with Crippen LogP contribution in [0.15, 0.2) is 60.9 Å². The van der Waals surface area contributed by atoms with Crippen LogP contribution in [0.25, 0.3) is 33.6 Å². The van der Waals surface area contributed by atoms with Gasteiger partial charge in [-0.15, -0.1) is 0 Å². The second-order valence-corrected chi connectivity index (χ2v) is 10.5. The maximum atomic E-state index is 11.6. The maximum absolute atomic E-state index is 11.6. The molecule has 2 aromatic carbocycles. The van der Waals surface area contributed by atoms with E-state index in [1.54, 1.807) is 12.4 Å². The lowest BCUT2D eigenvalue weighted by molar-refractivity contribution is -0.143. The van der Waals surface area contributed by atoms with Crippen molar-refractivity contribution in [3.8, 4) is 33.6 Å². The summed E-state index contributed by atoms with van der Waals surface area (Å²) >= 11 is 0. The molecule has 4 N–H and O–H groups in total. The molecule has 2 aliphatic carbocycles. The van der Waals surface area contributed by atoms with Gasteiger partial charge in [-0.05, 0) is 47.9 Å². The van der Waals surface area contributed by atoms with Crippen LogP contribution in [-0.2, 0) is 9.59 Å². The van der Waals surface area contributed by atoms with E-state index in [1.165, 1.54) is 0 Å². The molecule has 4 aromatic rings. The standard InChI is InChI=1S/C30H30N4O4/c35-29(36)23-5-1-3-21(23)27-31-15-25(33-27)19-11-7-17(8-12-19)18-9-13-20(14-10-18)26-16-32-28(34-26)22-4-2-6-24(22)30(37)38/h7-16,21-24H,1-6H2,(H,31,33)(H,32,34)(H,35,36)(H,37,38)/t21-,22-,23-,24-/m1/s1. The number of hydrogen-bond acceptors (Lipinski definition) is 4. The lowest BCUT2D eigenvalue weighted by atomic mass is 9.95. The highest BCUT2D eigenvalue weighted by atomic mass is 16.4. The number of carboxylic acids is 2. The third-order valence-electron chi connectivity index (χ3n) is 8.28. The molecule has 0 radical (unpaired) electrons. The van der Waals surface area contributed by atoms with Crippen LogP contribution in [0.1, 0.15) is 62.0 Å². The number of benzene rings is 2. The van der Waals surface area contributed by atoms with Crippen LogP contribution in [0.3, 0.4) is 0 Å². The summed E-state index contributed by atoms with van der Waals surface area (Å²) in [6.45, 7) is 0. The van der Waals surface area contributed by atoms with Crippen molar-refractivity contribution in [1.29, 1.82) is 0 Å². The summed E-state index contributed by atoms with van der Waals surface area (Å²) in [7, 11) is 0. The van der Waals surface area contributed by atoms with E-state index in [2.05, 4.69) is 44.2 Å². The zero-order valence-electron chi connectivity index (χ0n) is 20.9. The van der Waals surface area contributed by atoms with Crippen molar-refractivity contribution in [1.82, 2.24) is 19.9 Å². The molecule has 0 aliphatic heterocycles. The zero-order chi connectivity index (χ0) is 26.2. The van der Waals surface area contributed by atoms with Gasteiger partial charge >= 0.3 is 11.9 Å². The first-order valence-electron chi connectivity index (χ1n) is 13.2. The summed E-state index contributed by atoms with van der Waals surface area (Å²) in [5, 5.41) is 19.0. The fraction of sp³-hybridized carbons (Fsp3) is 0.333. The normalized spacial score (nSPS) is 23.1. The van der Waals surface area contributed by atoms with Gasteiger partial charge < -0.3 is 20.2 Å². The Morgan fingerprint density at radius 1 is 0.605 bits per heavy atom. The number of rotatable bonds is 7. The lowest BCUT2D eigenvalue weighted by Crippen LogP contribution is -2.17. The summed E-state index contributed by atoms with van der Waals surface area (Å²) < 4.78 is 0. The smallest absolute Gasteiger partial charge is 0.307 e. The summed E-state index contributed by atoms with van der Waals surface area (Å²) in [5.74, 6) is -0.794. The van der Waals surface area contributed by atoms with Gasteiger partial charge in [0, 0.05) is 11.8 Å². The zero-order valence-corrected chi connectivity index (χ0v) is 20.9. The van der Waals surface area contributed by atoms with Gasteiger partial charge in [0.2, 0.25) is 0 Å². The molecule has 8 heteroatoms. The largest absolute Gasteiger partial charge is 0.481 e. The van der Waals surface area contributed by atoms with Crippen molar-refractivity contribution in [3.05, 3.63) is 72.6 Å². The number of carboxylic acid groups (broad SMARTS) is 2. The Kier molecular flexibility index (Phi) is 6.31. The summed E-state index contributed by atoms with van der Waals surface area (Å²) in [6, 6.07) is 16.5. The van der Waals surface area contributed by atoms with Crippen LogP contribution >= 0.6 is 0 Å². The van der Waals surface area contributed by atoms with Gasteiger partial charge in [0.15, 0.2) is 0 Å². The number of hydrogen-bond donors (Lipinski definition) is 4. The second kappa shape index (κ2) is 9.93. The highest BCUT2D eigenvalue weighted by Crippen LogP contribution is 2.40. The van der Waals surface area contributed by atoms with Crippen LogP contribution in [0, 0.1) is 11.8 Å². The minimum absolute atomic E-state index is 0.0539. The Labute approximate surface area is 220 Å². The van der Waals surface area contributed by atoms with Crippen molar-refractivity contribution in [2.75, 3.05) is 0 Å². The van der Waals surface area contributed by atoms with Crippen molar-refractivity contribution >= 4 is 11.9 Å². The van der Waals surface area contributed by atoms with E-state index in [9.17, 15) is 19.8 Å². The minimum atomic E-state index is -0.741. The number of aromatic amines is 2. The molecule has 4 atom stereocenters. The minimum Gasteiger partial charge on any atom is -0.481 e. The van der Waals surface area contributed by atoms with Gasteiger partial charge in [0.25, 0.3) is 0 Å². The van der Waals surface area contributed by atoms with E-state index >= 15 is 0 Å². The highest BCUT2D eigenvalue weighted by Gasteiger charge is 2.36. The van der Waals surface area contributed by atoms with E-state index in [4.69, 9.17) is 0 Å². The number of nitrogens with zero attached hydrogens (tertiary/aromatic N) is 2. The molecule has 0 bridgehead atoms. The average molecular weight is 511 g/mol. The predicted octanol–water partition coefficient (Wildman–Crippen LogP) is 6.07. The second-order valence-electron chi connectivity index (χ2n) is 10.5. The van der Waals surface area contributed by atoms with Gasteiger partial charge in [0.1, 0.15) is 11.6 Å². The fourth-order valence-electron chi connectivity index (χ4n) is 6.19. The van der Waals surface area contributed by atoms with Crippen LogP contribution in [0.2, 0.25) is 0 Å². The summed E-state index contributed by atoms with van der Waals surface area (Å²) in [5.41, 5.74) is 5.96. The number of H-pyrrole nitrogens is 2. The van der Waals surface area contributed by atoms with Crippen molar-refractivity contribution in [3.63, 3.8) is 0 Å². The van der Waals surface area contributed by atoms with E-state index < -0.39 is 11.9 Å². The first kappa shape index (κ1) is 24.2. The predicted molar refractivity (Wildman–Crippen MR) is 142 cm³/mol. The SMILES string of the molecule is O=C(O)[C@@H]1CCC[C@H]1c1ncc(-c2ccc(-c3ccc(-c4cnc([C@@H]5CCC[C@H]5C(=O)O)[nH]4)cc3)cc2)[nH]1. The third-order valence-corrected chi connectivity index (χ3v) is 8.28. The maximum Gasteiger partial charge on any atom is 0.307 e. The lowest BCUT2D eigenvalue weighted by Gasteiger charge is -2.12. The Morgan fingerprint density at radius 2 is 0.974 bits per heavy atom. The Hall–Kier alpha value is -4.20. The van der Waals surface area contributed by atoms with Crippen molar-refractivity contribution in [2.24, 2.45) is 11.8 Å². The van der Waals surface area contributed by atoms with Gasteiger partial charge in [-0.1, -0.05) is 61.4 Å². The van der Waals surface area contributed by atoms with Crippen molar-refractivity contribution < 1.29 is 19.8 Å². The first-order valence-corrected chi connectivity index (χ1v) is 13.2. The summed E-state index contributed by atoms with van der Waals surface area (Å²) in [4.78, 5) is 38.8. The van der Waals surface area contributed by atoms with Crippen molar-refractivity contribution in [2.45, 2.75) is 50.4 Å². The molecule has 0 amide bonds. The van der Waals surface area contributed by atoms with Gasteiger partial charge in [-0.25, -0.2) is 9.97 Å². The number of aliphatic carboxylic acids is 2. The topological polar surface area (TPSA) is 132 Å². The number of imidazole rings is 2. The average Bonchev–Trinajstić information content (AvgIpc) is 3.74. The molecule has 2 heterocycles. The molecule has 2 saturated carbocycles. The molecule has 0 unspecified atom stereocenters. The Balaban J connectivity index is 1.15.